The summed E-state index contributed by atoms with van der Waals surface area (Å²) < 4.78 is 9.00. The molecule has 0 N–H and O–H groups in total. The van der Waals surface area contributed by atoms with Crippen molar-refractivity contribution in [2.75, 3.05) is 25.1 Å². The van der Waals surface area contributed by atoms with Gasteiger partial charge in [-0.2, -0.15) is 10.2 Å². The third-order valence-electron chi connectivity index (χ3n) is 5.89. The average Bonchev–Trinajstić information content (AvgIpc) is 3.35. The smallest absolute Gasteiger partial charge is 0.251 e. The monoisotopic (exact) mass is 462 g/mol. The van der Waals surface area contributed by atoms with Gasteiger partial charge >= 0.3 is 0 Å². The van der Waals surface area contributed by atoms with E-state index in [1.54, 1.807) is 29.3 Å². The number of piperidine rings is 1. The third-order valence-corrected chi connectivity index (χ3v) is 6.18. The van der Waals surface area contributed by atoms with Crippen LogP contribution in [0.2, 0.25) is 5.02 Å². The minimum Gasteiger partial charge on any atom is -0.491 e. The highest BCUT2D eigenvalue weighted by Crippen LogP contribution is 2.30. The van der Waals surface area contributed by atoms with Crippen molar-refractivity contribution in [1.82, 2.24) is 24.5 Å². The van der Waals surface area contributed by atoms with Crippen LogP contribution in [0.3, 0.4) is 0 Å². The number of hydrogen-bond acceptors (Lipinski definition) is 6. The molecule has 168 valence electrons. The number of ether oxygens (including phenoxy) is 1. The van der Waals surface area contributed by atoms with Gasteiger partial charge in [-0.1, -0.05) is 29.8 Å². The number of pyridine rings is 1. The molecule has 1 saturated heterocycles. The molecule has 3 aromatic heterocycles. The van der Waals surface area contributed by atoms with E-state index in [4.69, 9.17) is 21.4 Å². The molecule has 33 heavy (non-hydrogen) atoms. The van der Waals surface area contributed by atoms with Gasteiger partial charge in [-0.25, -0.2) is 9.67 Å². The van der Waals surface area contributed by atoms with Crippen molar-refractivity contribution in [2.24, 2.45) is 0 Å². The van der Waals surface area contributed by atoms with Crippen molar-refractivity contribution >= 4 is 17.4 Å². The van der Waals surface area contributed by atoms with Gasteiger partial charge in [-0.15, -0.1) is 0 Å². The Morgan fingerprint density at radius 2 is 1.82 bits per heavy atom. The maximum Gasteiger partial charge on any atom is 0.251 e. The molecule has 1 aliphatic heterocycles. The van der Waals surface area contributed by atoms with Crippen LogP contribution in [0.15, 0.2) is 71.9 Å². The predicted molar refractivity (Wildman–Crippen MR) is 127 cm³/mol. The summed E-state index contributed by atoms with van der Waals surface area (Å²) >= 11 is 6.33. The van der Waals surface area contributed by atoms with Crippen LogP contribution in [0.25, 0.3) is 17.1 Å². The second-order valence-corrected chi connectivity index (χ2v) is 8.25. The SMILES string of the molecule is COc1cn(C2CCN(c3ncccc3Cl)CC2)nc(-c2ccnn2-c2ccccc2)c1=O. The Labute approximate surface area is 196 Å². The lowest BCUT2D eigenvalue weighted by Gasteiger charge is -2.33. The second-order valence-electron chi connectivity index (χ2n) is 7.85. The van der Waals surface area contributed by atoms with Crippen LogP contribution in [-0.4, -0.2) is 44.7 Å². The number of hydrogen-bond donors (Lipinski definition) is 0. The lowest BCUT2D eigenvalue weighted by Crippen LogP contribution is -2.36. The molecule has 1 fully saturated rings. The van der Waals surface area contributed by atoms with E-state index in [0.29, 0.717) is 16.4 Å². The molecule has 8 nitrogen and oxygen atoms in total. The molecular formula is C24H23ClN6O2. The predicted octanol–water partition coefficient (Wildman–Crippen LogP) is 3.99. The molecule has 4 aromatic rings. The molecule has 0 spiro atoms. The number of benzene rings is 1. The first-order chi connectivity index (χ1) is 16.2. The van der Waals surface area contributed by atoms with Crippen molar-refractivity contribution < 1.29 is 4.74 Å². The Balaban J connectivity index is 1.47. The Morgan fingerprint density at radius 1 is 1.03 bits per heavy atom. The molecule has 0 saturated carbocycles. The van der Waals surface area contributed by atoms with Gasteiger partial charge in [0.25, 0.3) is 5.43 Å². The van der Waals surface area contributed by atoms with Gasteiger partial charge in [0, 0.05) is 19.3 Å². The molecule has 1 aromatic carbocycles. The molecule has 1 aliphatic rings. The average molecular weight is 463 g/mol. The summed E-state index contributed by atoms with van der Waals surface area (Å²) in [6.07, 6.45) is 6.79. The maximum atomic E-state index is 13.1. The highest BCUT2D eigenvalue weighted by atomic mass is 35.5. The zero-order valence-corrected chi connectivity index (χ0v) is 18.9. The van der Waals surface area contributed by atoms with Crippen molar-refractivity contribution in [3.63, 3.8) is 0 Å². The Bertz CT molecular complexity index is 1310. The van der Waals surface area contributed by atoms with Gasteiger partial charge in [-0.3, -0.25) is 9.48 Å². The van der Waals surface area contributed by atoms with Crippen LogP contribution in [-0.2, 0) is 0 Å². The molecule has 5 rings (SSSR count). The minimum atomic E-state index is -0.260. The van der Waals surface area contributed by atoms with Gasteiger partial charge < -0.3 is 9.64 Å². The summed E-state index contributed by atoms with van der Waals surface area (Å²) in [4.78, 5) is 19.7. The van der Waals surface area contributed by atoms with E-state index in [2.05, 4.69) is 15.0 Å². The minimum absolute atomic E-state index is 0.116. The number of nitrogens with zero attached hydrogens (tertiary/aromatic N) is 6. The first kappa shape index (κ1) is 21.2. The number of rotatable bonds is 5. The zero-order chi connectivity index (χ0) is 22.8. The first-order valence-corrected chi connectivity index (χ1v) is 11.2. The molecule has 9 heteroatoms. The molecule has 0 amide bonds. The fourth-order valence-corrected chi connectivity index (χ4v) is 4.44. The van der Waals surface area contributed by atoms with E-state index in [0.717, 1.165) is 37.4 Å². The third kappa shape index (κ3) is 4.09. The fourth-order valence-electron chi connectivity index (χ4n) is 4.20. The Morgan fingerprint density at radius 3 is 2.55 bits per heavy atom. The van der Waals surface area contributed by atoms with Gasteiger partial charge in [0.05, 0.1) is 41.9 Å². The topological polar surface area (TPSA) is 78.1 Å². The fraction of sp³-hybridized carbons (Fsp3) is 0.250. The number of aromatic nitrogens is 5. The van der Waals surface area contributed by atoms with E-state index >= 15 is 0 Å². The highest BCUT2D eigenvalue weighted by molar-refractivity contribution is 6.32. The second kappa shape index (κ2) is 9.07. The largest absolute Gasteiger partial charge is 0.491 e. The van der Waals surface area contributed by atoms with Crippen LogP contribution in [0.1, 0.15) is 18.9 Å². The van der Waals surface area contributed by atoms with E-state index < -0.39 is 0 Å². The molecule has 0 aliphatic carbocycles. The van der Waals surface area contributed by atoms with Gasteiger partial charge in [0.2, 0.25) is 0 Å². The molecule has 4 heterocycles. The Hall–Kier alpha value is -3.65. The molecular weight excluding hydrogens is 440 g/mol. The van der Waals surface area contributed by atoms with Crippen molar-refractivity contribution in [1.29, 1.82) is 0 Å². The molecule has 0 unspecified atom stereocenters. The molecule has 0 bridgehead atoms. The van der Waals surface area contributed by atoms with Gasteiger partial charge in [0.15, 0.2) is 11.4 Å². The molecule has 0 radical (unpaired) electrons. The zero-order valence-electron chi connectivity index (χ0n) is 18.1. The number of para-hydroxylation sites is 1. The lowest BCUT2D eigenvalue weighted by molar-refractivity contribution is 0.345. The summed E-state index contributed by atoms with van der Waals surface area (Å²) in [5, 5.41) is 9.82. The van der Waals surface area contributed by atoms with Gasteiger partial charge in [0.1, 0.15) is 5.82 Å². The van der Waals surface area contributed by atoms with Crippen molar-refractivity contribution in [2.45, 2.75) is 18.9 Å². The first-order valence-electron chi connectivity index (χ1n) is 10.8. The number of methoxy groups -OCH3 is 1. The van der Waals surface area contributed by atoms with E-state index in [1.165, 1.54) is 7.11 Å². The standard InChI is InChI=1S/C24H23ClN6O2/c1-33-21-16-30(17-10-14-29(15-11-17)24-19(25)8-5-12-26-24)28-22(23(21)32)20-9-13-27-31(20)18-6-3-2-4-7-18/h2-9,12-13,16-17H,10-11,14-15H2,1H3. The van der Waals surface area contributed by atoms with E-state index in [9.17, 15) is 4.79 Å². The highest BCUT2D eigenvalue weighted by Gasteiger charge is 2.25. The maximum absolute atomic E-state index is 13.1. The van der Waals surface area contributed by atoms with Crippen LogP contribution in [0.5, 0.6) is 5.75 Å². The van der Waals surface area contributed by atoms with Crippen LogP contribution >= 0.6 is 11.6 Å². The van der Waals surface area contributed by atoms with Crippen molar-refractivity contribution in [3.05, 3.63) is 82.4 Å². The van der Waals surface area contributed by atoms with Crippen molar-refractivity contribution in [3.8, 4) is 22.8 Å². The van der Waals surface area contributed by atoms with Crippen LogP contribution in [0.4, 0.5) is 5.82 Å². The summed E-state index contributed by atoms with van der Waals surface area (Å²) in [6, 6.07) is 15.3. The number of anilines is 1. The summed E-state index contributed by atoms with van der Waals surface area (Å²) in [6.45, 7) is 1.57. The van der Waals surface area contributed by atoms with E-state index in [1.807, 2.05) is 47.1 Å². The summed E-state index contributed by atoms with van der Waals surface area (Å²) in [5.74, 6) is 1.06. The summed E-state index contributed by atoms with van der Waals surface area (Å²) in [7, 11) is 1.50. The van der Waals surface area contributed by atoms with Crippen LogP contribution < -0.4 is 15.1 Å². The normalized spacial score (nSPS) is 14.4. The van der Waals surface area contributed by atoms with E-state index in [-0.39, 0.29) is 17.2 Å². The quantitative estimate of drug-likeness (QED) is 0.446. The lowest BCUT2D eigenvalue weighted by atomic mass is 10.1. The molecule has 0 atom stereocenters. The summed E-state index contributed by atoms with van der Waals surface area (Å²) in [5.41, 5.74) is 1.53. The number of halogens is 1. The van der Waals surface area contributed by atoms with Crippen LogP contribution in [0, 0.1) is 0 Å². The van der Waals surface area contributed by atoms with Gasteiger partial charge in [-0.05, 0) is 43.2 Å². The Kier molecular flexibility index (Phi) is 5.83.